The van der Waals surface area contributed by atoms with Gasteiger partial charge in [-0.05, 0) is 23.3 Å². The summed E-state index contributed by atoms with van der Waals surface area (Å²) in [6.45, 7) is 1.88. The molecular formula is C20H21NO4. The molecule has 0 aliphatic carbocycles. The molecule has 25 heavy (non-hydrogen) atoms. The van der Waals surface area contributed by atoms with Crippen LogP contribution in [0.2, 0.25) is 0 Å². The smallest absolute Gasteiger partial charge is 0.408 e. The summed E-state index contributed by atoms with van der Waals surface area (Å²) in [7, 11) is 1.30. The molecule has 2 aromatic rings. The fourth-order valence-corrected chi connectivity index (χ4v) is 2.57. The molecule has 0 bridgehead atoms. The molecule has 2 atom stereocenters. The Balaban J connectivity index is 1.99. The van der Waals surface area contributed by atoms with Crippen LogP contribution in [0.4, 0.5) is 4.79 Å². The van der Waals surface area contributed by atoms with Crippen molar-refractivity contribution in [3.63, 3.8) is 0 Å². The molecule has 5 nitrogen and oxygen atoms in total. The van der Waals surface area contributed by atoms with Crippen LogP contribution in [0, 0.1) is 12.3 Å². The number of methoxy groups -OCH3 is 1. The standard InChI is InChI=1S/C20H21NO4/c1-4-16(12-13-19(22)24-3)25-20(23)21-14(2)17-11-7-9-15-8-5-6-10-18(15)17/h1,5-11,14,16H,12-13H2,2-3H3,(H,21,23)/t14-,16-/m1/s1. The highest BCUT2D eigenvalue weighted by atomic mass is 16.6. The van der Waals surface area contributed by atoms with Crippen LogP contribution in [0.1, 0.15) is 31.4 Å². The molecule has 1 N–H and O–H groups in total. The number of esters is 1. The highest BCUT2D eigenvalue weighted by Gasteiger charge is 2.17. The summed E-state index contributed by atoms with van der Waals surface area (Å²) < 4.78 is 9.75. The average Bonchev–Trinajstić information content (AvgIpc) is 2.64. The fourth-order valence-electron chi connectivity index (χ4n) is 2.57. The summed E-state index contributed by atoms with van der Waals surface area (Å²) in [6, 6.07) is 13.6. The first kappa shape index (κ1) is 18.3. The van der Waals surface area contributed by atoms with Crippen LogP contribution in [0.5, 0.6) is 0 Å². The number of hydrogen-bond donors (Lipinski definition) is 1. The number of carbonyl (C=O) groups is 2. The summed E-state index contributed by atoms with van der Waals surface area (Å²) in [4.78, 5) is 23.3. The zero-order chi connectivity index (χ0) is 18.2. The molecule has 2 aromatic carbocycles. The predicted molar refractivity (Wildman–Crippen MR) is 95.9 cm³/mol. The molecule has 0 saturated carbocycles. The molecule has 0 unspecified atom stereocenters. The van der Waals surface area contributed by atoms with E-state index in [9.17, 15) is 9.59 Å². The predicted octanol–water partition coefficient (Wildman–Crippen LogP) is 3.58. The largest absolute Gasteiger partial charge is 0.469 e. The molecule has 0 aliphatic rings. The molecule has 130 valence electrons. The van der Waals surface area contributed by atoms with Crippen molar-refractivity contribution in [3.8, 4) is 12.3 Å². The summed E-state index contributed by atoms with van der Waals surface area (Å²) in [5.41, 5.74) is 0.988. The Labute approximate surface area is 147 Å². The molecule has 5 heteroatoms. The first-order chi connectivity index (χ1) is 12.0. The second kappa shape index (κ2) is 8.74. The zero-order valence-corrected chi connectivity index (χ0v) is 14.3. The minimum Gasteiger partial charge on any atom is -0.469 e. The van der Waals surface area contributed by atoms with E-state index in [0.717, 1.165) is 16.3 Å². The normalized spacial score (nSPS) is 12.7. The summed E-state index contributed by atoms with van der Waals surface area (Å²) >= 11 is 0. The maximum absolute atomic E-state index is 12.1. The van der Waals surface area contributed by atoms with Crippen molar-refractivity contribution in [3.05, 3.63) is 48.0 Å². The van der Waals surface area contributed by atoms with E-state index in [-0.39, 0.29) is 18.9 Å². The van der Waals surface area contributed by atoms with Gasteiger partial charge in [0.25, 0.3) is 0 Å². The molecule has 0 aliphatic heterocycles. The number of carbonyl (C=O) groups excluding carboxylic acids is 2. The van der Waals surface area contributed by atoms with Crippen LogP contribution in [0.25, 0.3) is 10.8 Å². The third-order valence-corrected chi connectivity index (χ3v) is 3.90. The van der Waals surface area contributed by atoms with Gasteiger partial charge in [-0.3, -0.25) is 4.79 Å². The van der Waals surface area contributed by atoms with Crippen LogP contribution in [-0.4, -0.2) is 25.3 Å². The molecule has 0 aromatic heterocycles. The van der Waals surface area contributed by atoms with E-state index >= 15 is 0 Å². The first-order valence-corrected chi connectivity index (χ1v) is 8.03. The van der Waals surface area contributed by atoms with E-state index in [1.165, 1.54) is 7.11 Å². The maximum atomic E-state index is 12.1. The lowest BCUT2D eigenvalue weighted by atomic mass is 10.00. The monoisotopic (exact) mass is 339 g/mol. The van der Waals surface area contributed by atoms with Gasteiger partial charge in [0.05, 0.1) is 13.2 Å². The summed E-state index contributed by atoms with van der Waals surface area (Å²) in [5, 5.41) is 4.95. The van der Waals surface area contributed by atoms with Gasteiger partial charge in [-0.1, -0.05) is 48.4 Å². The number of terminal acetylenes is 1. The van der Waals surface area contributed by atoms with E-state index < -0.39 is 18.2 Å². The Morgan fingerprint density at radius 2 is 1.92 bits per heavy atom. The van der Waals surface area contributed by atoms with Crippen LogP contribution in [0.15, 0.2) is 42.5 Å². The molecule has 0 heterocycles. The van der Waals surface area contributed by atoms with E-state index in [4.69, 9.17) is 11.2 Å². The van der Waals surface area contributed by atoms with Gasteiger partial charge in [0.2, 0.25) is 0 Å². The number of hydrogen-bond acceptors (Lipinski definition) is 4. The highest BCUT2D eigenvalue weighted by Crippen LogP contribution is 2.24. The van der Waals surface area contributed by atoms with E-state index in [2.05, 4.69) is 16.0 Å². The van der Waals surface area contributed by atoms with Crippen molar-refractivity contribution in [2.75, 3.05) is 7.11 Å². The third-order valence-electron chi connectivity index (χ3n) is 3.90. The second-order valence-corrected chi connectivity index (χ2v) is 5.61. The van der Waals surface area contributed by atoms with Crippen molar-refractivity contribution in [2.45, 2.75) is 31.9 Å². The molecule has 0 fully saturated rings. The van der Waals surface area contributed by atoms with Crippen molar-refractivity contribution in [2.24, 2.45) is 0 Å². The highest BCUT2D eigenvalue weighted by molar-refractivity contribution is 5.86. The van der Waals surface area contributed by atoms with Crippen molar-refractivity contribution < 1.29 is 19.1 Å². The second-order valence-electron chi connectivity index (χ2n) is 5.61. The molecular weight excluding hydrogens is 318 g/mol. The van der Waals surface area contributed by atoms with Gasteiger partial charge < -0.3 is 14.8 Å². The quantitative estimate of drug-likeness (QED) is 0.645. The molecule has 2 rings (SSSR count). The summed E-state index contributed by atoms with van der Waals surface area (Å²) in [6.07, 6.45) is 4.28. The van der Waals surface area contributed by atoms with E-state index in [1.54, 1.807) is 0 Å². The van der Waals surface area contributed by atoms with Gasteiger partial charge in [0.15, 0.2) is 6.10 Å². The van der Waals surface area contributed by atoms with Crippen LogP contribution >= 0.6 is 0 Å². The number of nitrogens with one attached hydrogen (secondary N) is 1. The lowest BCUT2D eigenvalue weighted by Gasteiger charge is -2.18. The van der Waals surface area contributed by atoms with Gasteiger partial charge in [0, 0.05) is 12.8 Å². The topological polar surface area (TPSA) is 64.6 Å². The minimum absolute atomic E-state index is 0.0948. The van der Waals surface area contributed by atoms with E-state index in [1.807, 2.05) is 49.4 Å². The van der Waals surface area contributed by atoms with Crippen molar-refractivity contribution in [1.29, 1.82) is 0 Å². The molecule has 1 amide bonds. The van der Waals surface area contributed by atoms with E-state index in [0.29, 0.717) is 0 Å². The maximum Gasteiger partial charge on any atom is 0.408 e. The van der Waals surface area contributed by atoms with Crippen LogP contribution < -0.4 is 5.32 Å². The third kappa shape index (κ3) is 4.98. The van der Waals surface area contributed by atoms with Gasteiger partial charge in [0.1, 0.15) is 0 Å². The SMILES string of the molecule is C#C[C@H](CCC(=O)OC)OC(=O)N[C@H](C)c1cccc2ccccc12. The van der Waals surface area contributed by atoms with Crippen molar-refractivity contribution >= 4 is 22.8 Å². The Hall–Kier alpha value is -3.00. The zero-order valence-electron chi connectivity index (χ0n) is 14.3. The van der Waals surface area contributed by atoms with Gasteiger partial charge in [-0.15, -0.1) is 6.42 Å². The molecule has 0 saturated heterocycles. The fraction of sp³-hybridized carbons (Fsp3) is 0.300. The lowest BCUT2D eigenvalue weighted by molar-refractivity contribution is -0.141. The summed E-state index contributed by atoms with van der Waals surface area (Å²) in [5.74, 6) is 1.97. The van der Waals surface area contributed by atoms with Crippen molar-refractivity contribution in [1.82, 2.24) is 5.32 Å². The Kier molecular flexibility index (Phi) is 6.41. The lowest BCUT2D eigenvalue weighted by Crippen LogP contribution is -2.31. The number of fused-ring (bicyclic) bond motifs is 1. The van der Waals surface area contributed by atoms with Gasteiger partial charge in [-0.25, -0.2) is 4.79 Å². The van der Waals surface area contributed by atoms with Crippen LogP contribution in [0.3, 0.4) is 0 Å². The number of rotatable bonds is 6. The Morgan fingerprint density at radius 1 is 1.20 bits per heavy atom. The number of ether oxygens (including phenoxy) is 2. The number of alkyl carbamates (subject to hydrolysis) is 1. The van der Waals surface area contributed by atoms with Crippen LogP contribution in [-0.2, 0) is 14.3 Å². The van der Waals surface area contributed by atoms with Gasteiger partial charge in [-0.2, -0.15) is 0 Å². The number of amides is 1. The number of benzene rings is 2. The molecule has 0 spiro atoms. The average molecular weight is 339 g/mol. The Morgan fingerprint density at radius 3 is 2.64 bits per heavy atom. The first-order valence-electron chi connectivity index (χ1n) is 8.03. The minimum atomic E-state index is -0.779. The Bertz CT molecular complexity index is 788. The van der Waals surface area contributed by atoms with Gasteiger partial charge >= 0.3 is 12.1 Å². The molecule has 0 radical (unpaired) electrons.